The Morgan fingerprint density at radius 3 is 2.34 bits per heavy atom. The van der Waals surface area contributed by atoms with Crippen molar-refractivity contribution >= 4 is 62.9 Å². The van der Waals surface area contributed by atoms with Gasteiger partial charge in [0.15, 0.2) is 11.5 Å². The number of nitrogens with one attached hydrogen (secondary N) is 1. The Labute approximate surface area is 247 Å². The van der Waals surface area contributed by atoms with E-state index in [2.05, 4.69) is 11.9 Å². The van der Waals surface area contributed by atoms with Gasteiger partial charge in [0, 0.05) is 15.6 Å². The van der Waals surface area contributed by atoms with Crippen molar-refractivity contribution in [3.63, 3.8) is 0 Å². The van der Waals surface area contributed by atoms with Gasteiger partial charge >= 0.3 is 16.1 Å². The molecule has 4 amide bonds. The van der Waals surface area contributed by atoms with Gasteiger partial charge in [0.25, 0.3) is 11.8 Å². The number of hydrogen-bond donors (Lipinski definition) is 1. The van der Waals surface area contributed by atoms with E-state index in [1.165, 1.54) is 54.6 Å². The lowest BCUT2D eigenvalue weighted by atomic mass is 10.0. The van der Waals surface area contributed by atoms with E-state index in [1.807, 2.05) is 0 Å². The van der Waals surface area contributed by atoms with E-state index < -0.39 is 28.0 Å². The first-order valence-corrected chi connectivity index (χ1v) is 14.4. The maximum atomic E-state index is 13.4. The molecule has 12 heteroatoms. The molecule has 1 aliphatic heterocycles. The molecule has 0 saturated carbocycles. The molecule has 1 N–H and O–H groups in total. The Morgan fingerprint density at radius 2 is 1.68 bits per heavy atom. The molecular weight excluding hydrogens is 591 g/mol. The third-order valence-electron chi connectivity index (χ3n) is 5.94. The first-order valence-electron chi connectivity index (χ1n) is 12.2. The van der Waals surface area contributed by atoms with Gasteiger partial charge in [-0.3, -0.25) is 14.9 Å². The lowest BCUT2D eigenvalue weighted by molar-refractivity contribution is -0.122. The third kappa shape index (κ3) is 6.45. The number of ether oxygens (including phenoxy) is 1. The molecule has 1 aliphatic rings. The molecular formula is C29H24Cl2N2O7S. The fourth-order valence-corrected chi connectivity index (χ4v) is 5.32. The Balaban J connectivity index is 1.80. The Morgan fingerprint density at radius 1 is 1.00 bits per heavy atom. The van der Waals surface area contributed by atoms with Crippen LogP contribution < -0.4 is 19.1 Å². The monoisotopic (exact) mass is 614 g/mol. The van der Waals surface area contributed by atoms with Gasteiger partial charge < -0.3 is 8.92 Å². The Hall–Kier alpha value is -4.12. The highest BCUT2D eigenvalue weighted by atomic mass is 35.5. The second kappa shape index (κ2) is 12.2. The number of carbonyl (C=O) groups excluding carboxylic acids is 3. The summed E-state index contributed by atoms with van der Waals surface area (Å²) in [6.45, 7) is 7.27. The number of rotatable bonds is 9. The average molecular weight is 615 g/mol. The van der Waals surface area contributed by atoms with E-state index in [9.17, 15) is 22.8 Å². The minimum atomic E-state index is -4.28. The molecule has 41 heavy (non-hydrogen) atoms. The van der Waals surface area contributed by atoms with Crippen LogP contribution in [0.25, 0.3) is 6.08 Å². The van der Waals surface area contributed by atoms with Crippen molar-refractivity contribution in [2.75, 3.05) is 11.5 Å². The second-order valence-corrected chi connectivity index (χ2v) is 11.2. The fourth-order valence-electron chi connectivity index (χ4n) is 4.06. The van der Waals surface area contributed by atoms with Gasteiger partial charge in [-0.05, 0) is 86.0 Å². The summed E-state index contributed by atoms with van der Waals surface area (Å²) in [6, 6.07) is 12.2. The number of hydrogen-bond acceptors (Lipinski definition) is 7. The summed E-state index contributed by atoms with van der Waals surface area (Å²) < 4.78 is 37.4. The number of anilines is 1. The zero-order valence-electron chi connectivity index (χ0n) is 21.9. The molecule has 3 aromatic carbocycles. The first kappa shape index (κ1) is 29.9. The van der Waals surface area contributed by atoms with Crippen molar-refractivity contribution < 1.29 is 31.7 Å². The molecule has 1 saturated heterocycles. The average Bonchev–Trinajstić information content (AvgIpc) is 2.91. The normalized spacial score (nSPS) is 14.7. The molecule has 0 atom stereocenters. The zero-order chi connectivity index (χ0) is 29.9. The molecule has 0 bridgehead atoms. The molecule has 0 unspecified atom stereocenters. The van der Waals surface area contributed by atoms with Crippen LogP contribution in [0.5, 0.6) is 11.5 Å². The summed E-state index contributed by atoms with van der Waals surface area (Å²) in [4.78, 5) is 39.6. The Kier molecular flexibility index (Phi) is 8.86. The van der Waals surface area contributed by atoms with Crippen LogP contribution in [0.2, 0.25) is 10.0 Å². The number of urea groups is 1. The maximum absolute atomic E-state index is 13.4. The van der Waals surface area contributed by atoms with Crippen LogP contribution in [0.1, 0.15) is 23.6 Å². The molecule has 0 radical (unpaired) electrons. The highest BCUT2D eigenvalue weighted by molar-refractivity contribution is 7.87. The summed E-state index contributed by atoms with van der Waals surface area (Å²) in [7, 11) is -4.28. The van der Waals surface area contributed by atoms with Crippen LogP contribution in [-0.2, 0) is 26.1 Å². The third-order valence-corrected chi connectivity index (χ3v) is 7.66. The number of carbonyl (C=O) groups is 3. The Bertz CT molecular complexity index is 1700. The number of imide groups is 2. The fraction of sp³-hybridized carbons (Fsp3) is 0.138. The van der Waals surface area contributed by atoms with Gasteiger partial charge in [-0.2, -0.15) is 8.42 Å². The van der Waals surface area contributed by atoms with E-state index in [0.717, 1.165) is 4.90 Å². The summed E-state index contributed by atoms with van der Waals surface area (Å²) in [5, 5.41) is 2.83. The van der Waals surface area contributed by atoms with Crippen molar-refractivity contribution in [1.29, 1.82) is 0 Å². The SMILES string of the molecule is C=CCc1cc(/C=C2\C(=O)NC(=O)N(c3cc(Cl)ccc3C)C2=O)cc(OCC)c1OS(=O)(=O)c1ccc(Cl)cc1. The number of nitrogens with zero attached hydrogens (tertiary/aromatic N) is 1. The largest absolute Gasteiger partial charge is 0.490 e. The van der Waals surface area contributed by atoms with E-state index in [0.29, 0.717) is 26.7 Å². The van der Waals surface area contributed by atoms with Crippen LogP contribution in [0, 0.1) is 6.92 Å². The van der Waals surface area contributed by atoms with Crippen molar-refractivity contribution in [2.45, 2.75) is 25.2 Å². The number of halogens is 2. The van der Waals surface area contributed by atoms with Crippen LogP contribution in [0.3, 0.4) is 0 Å². The van der Waals surface area contributed by atoms with Crippen LogP contribution in [-0.4, -0.2) is 32.9 Å². The smallest absolute Gasteiger partial charge is 0.339 e. The van der Waals surface area contributed by atoms with Crippen LogP contribution in [0.4, 0.5) is 10.5 Å². The molecule has 0 spiro atoms. The zero-order valence-corrected chi connectivity index (χ0v) is 24.3. The van der Waals surface area contributed by atoms with E-state index in [1.54, 1.807) is 26.0 Å². The number of allylic oxidation sites excluding steroid dienone is 1. The van der Waals surface area contributed by atoms with Gasteiger partial charge in [0.05, 0.1) is 12.3 Å². The quantitative estimate of drug-likeness (QED) is 0.139. The summed E-state index contributed by atoms with van der Waals surface area (Å²) in [6.07, 6.45) is 2.98. The van der Waals surface area contributed by atoms with Gasteiger partial charge in [-0.25, -0.2) is 9.69 Å². The highest BCUT2D eigenvalue weighted by Gasteiger charge is 2.37. The molecule has 1 fully saturated rings. The minimum Gasteiger partial charge on any atom is -0.490 e. The predicted molar refractivity (Wildman–Crippen MR) is 156 cm³/mol. The standard InChI is InChI=1S/C29H24Cl2N2O7S/c1-4-6-19-13-18(15-25(39-5-2)26(19)40-41(37,38)22-11-9-20(30)10-12-22)14-23-27(34)32-29(36)33(28(23)35)24-16-21(31)8-7-17(24)3/h4,7-16H,1,5-6H2,2-3H3,(H,32,34,36)/b23-14+. The molecule has 4 rings (SSSR count). The highest BCUT2D eigenvalue weighted by Crippen LogP contribution is 2.37. The number of benzene rings is 3. The lowest BCUT2D eigenvalue weighted by Gasteiger charge is -2.27. The van der Waals surface area contributed by atoms with E-state index in [-0.39, 0.29) is 40.7 Å². The second-order valence-electron chi connectivity index (χ2n) is 8.81. The van der Waals surface area contributed by atoms with Gasteiger partial charge in [-0.15, -0.1) is 6.58 Å². The van der Waals surface area contributed by atoms with Gasteiger partial charge in [0.2, 0.25) is 0 Å². The minimum absolute atomic E-state index is 0.0542. The lowest BCUT2D eigenvalue weighted by Crippen LogP contribution is -2.54. The molecule has 3 aromatic rings. The first-order chi connectivity index (χ1) is 19.4. The summed E-state index contributed by atoms with van der Waals surface area (Å²) in [5.74, 6) is -1.78. The molecule has 9 nitrogen and oxygen atoms in total. The van der Waals surface area contributed by atoms with Crippen molar-refractivity contribution in [3.8, 4) is 11.5 Å². The van der Waals surface area contributed by atoms with Crippen LogP contribution in [0.15, 0.2) is 77.7 Å². The molecule has 0 aliphatic carbocycles. The van der Waals surface area contributed by atoms with E-state index in [4.69, 9.17) is 32.1 Å². The molecule has 0 aromatic heterocycles. The van der Waals surface area contributed by atoms with Gasteiger partial charge in [0.1, 0.15) is 10.5 Å². The van der Waals surface area contributed by atoms with Crippen molar-refractivity contribution in [1.82, 2.24) is 5.32 Å². The van der Waals surface area contributed by atoms with Gasteiger partial charge in [-0.1, -0.05) is 35.3 Å². The van der Waals surface area contributed by atoms with Crippen molar-refractivity contribution in [2.24, 2.45) is 0 Å². The predicted octanol–water partition coefficient (Wildman–Crippen LogP) is 5.86. The summed E-state index contributed by atoms with van der Waals surface area (Å²) >= 11 is 12.0. The van der Waals surface area contributed by atoms with E-state index >= 15 is 0 Å². The molecule has 1 heterocycles. The van der Waals surface area contributed by atoms with Crippen LogP contribution >= 0.6 is 23.2 Å². The maximum Gasteiger partial charge on any atom is 0.339 e. The number of barbiturate groups is 1. The topological polar surface area (TPSA) is 119 Å². The molecule has 212 valence electrons. The summed E-state index contributed by atoms with van der Waals surface area (Å²) in [5.41, 5.74) is 1.15. The van der Waals surface area contributed by atoms with Crippen molar-refractivity contribution in [3.05, 3.63) is 99.6 Å². The number of amides is 4. The number of aryl methyl sites for hydroxylation is 1.